The second-order valence-electron chi connectivity index (χ2n) is 3.81. The molecule has 8 heteroatoms. The number of anilines is 1. The molecule has 0 radical (unpaired) electrons. The Hall–Kier alpha value is -3.03. The first kappa shape index (κ1) is 13.4. The predicted molar refractivity (Wildman–Crippen MR) is 68.2 cm³/mol. The molecule has 0 saturated carbocycles. The van der Waals surface area contributed by atoms with Gasteiger partial charge in [0.25, 0.3) is 5.91 Å². The van der Waals surface area contributed by atoms with Crippen LogP contribution in [-0.2, 0) is 0 Å². The summed E-state index contributed by atoms with van der Waals surface area (Å²) in [5.41, 5.74) is -0.134. The van der Waals surface area contributed by atoms with Crippen LogP contribution in [0.15, 0.2) is 24.3 Å². The van der Waals surface area contributed by atoms with Crippen LogP contribution in [0.5, 0.6) is 11.5 Å². The van der Waals surface area contributed by atoms with Gasteiger partial charge >= 0.3 is 5.97 Å². The van der Waals surface area contributed by atoms with Crippen LogP contribution in [0, 0.1) is 0 Å². The number of carboxylic acids is 1. The quantitative estimate of drug-likeness (QED) is 0.662. The second kappa shape index (κ2) is 5.31. The summed E-state index contributed by atoms with van der Waals surface area (Å²) in [5.74, 6) is -1.61. The van der Waals surface area contributed by atoms with Gasteiger partial charge in [-0.3, -0.25) is 9.89 Å². The standard InChI is InChI=1S/C12H11N3O5/c1-20-6-2-3-7(9(16)4-6)11(17)13-10-5-8(12(18)19)14-15-10/h2-5,16H,1H3,(H,18,19)(H2,13,14,15,17). The number of carboxylic acid groups (broad SMARTS) is 1. The van der Waals surface area contributed by atoms with Crippen molar-refractivity contribution in [1.29, 1.82) is 0 Å². The average Bonchev–Trinajstić information content (AvgIpc) is 2.87. The Kier molecular flexibility index (Phi) is 3.56. The number of methoxy groups -OCH3 is 1. The van der Waals surface area contributed by atoms with E-state index >= 15 is 0 Å². The van der Waals surface area contributed by atoms with Crippen molar-refractivity contribution in [2.75, 3.05) is 12.4 Å². The number of aromatic nitrogens is 2. The van der Waals surface area contributed by atoms with E-state index in [1.54, 1.807) is 0 Å². The summed E-state index contributed by atoms with van der Waals surface area (Å²) in [5, 5.41) is 26.7. The van der Waals surface area contributed by atoms with Crippen molar-refractivity contribution in [2.45, 2.75) is 0 Å². The van der Waals surface area contributed by atoms with Gasteiger partial charge in [-0.1, -0.05) is 0 Å². The van der Waals surface area contributed by atoms with Gasteiger partial charge in [0, 0.05) is 12.1 Å². The van der Waals surface area contributed by atoms with Gasteiger partial charge in [0.1, 0.15) is 17.2 Å². The molecule has 4 N–H and O–H groups in total. The van der Waals surface area contributed by atoms with Crippen LogP contribution >= 0.6 is 0 Å². The highest BCUT2D eigenvalue weighted by Crippen LogP contribution is 2.24. The first-order valence-corrected chi connectivity index (χ1v) is 5.48. The number of aromatic amines is 1. The van der Waals surface area contributed by atoms with Gasteiger partial charge in [0.2, 0.25) is 0 Å². The molecule has 0 atom stereocenters. The normalized spacial score (nSPS) is 10.1. The fourth-order valence-corrected chi connectivity index (χ4v) is 1.51. The van der Waals surface area contributed by atoms with Gasteiger partial charge in [-0.15, -0.1) is 0 Å². The molecule has 2 aromatic rings. The van der Waals surface area contributed by atoms with Crippen molar-refractivity contribution in [3.05, 3.63) is 35.5 Å². The average molecular weight is 277 g/mol. The number of amides is 1. The van der Waals surface area contributed by atoms with Crippen LogP contribution in [0.3, 0.4) is 0 Å². The second-order valence-corrected chi connectivity index (χ2v) is 3.81. The summed E-state index contributed by atoms with van der Waals surface area (Å²) in [6, 6.07) is 5.36. The molecule has 0 aliphatic heterocycles. The van der Waals surface area contributed by atoms with E-state index in [1.165, 1.54) is 31.4 Å². The summed E-state index contributed by atoms with van der Waals surface area (Å²) < 4.78 is 4.90. The smallest absolute Gasteiger partial charge is 0.353 e. The lowest BCUT2D eigenvalue weighted by molar-refractivity contribution is 0.0690. The molecule has 0 bridgehead atoms. The molecule has 0 fully saturated rings. The van der Waals surface area contributed by atoms with Crippen LogP contribution in [-0.4, -0.2) is 39.4 Å². The molecular weight excluding hydrogens is 266 g/mol. The molecule has 1 aromatic carbocycles. The highest BCUT2D eigenvalue weighted by molar-refractivity contribution is 6.06. The number of hydrogen-bond donors (Lipinski definition) is 4. The maximum Gasteiger partial charge on any atom is 0.353 e. The molecule has 20 heavy (non-hydrogen) atoms. The number of hydrogen-bond acceptors (Lipinski definition) is 5. The zero-order chi connectivity index (χ0) is 14.7. The predicted octanol–water partition coefficient (Wildman–Crippen LogP) is 1.07. The van der Waals surface area contributed by atoms with Gasteiger partial charge in [0.05, 0.1) is 12.7 Å². The molecule has 1 amide bonds. The molecule has 2 rings (SSSR count). The number of phenolic OH excluding ortho intramolecular Hbond substituents is 1. The highest BCUT2D eigenvalue weighted by Gasteiger charge is 2.15. The minimum absolute atomic E-state index is 0.0191. The number of H-pyrrole nitrogens is 1. The van der Waals surface area contributed by atoms with Gasteiger partial charge in [-0.25, -0.2) is 4.79 Å². The van der Waals surface area contributed by atoms with Crippen molar-refractivity contribution in [3.63, 3.8) is 0 Å². The molecule has 0 aliphatic carbocycles. The number of aromatic carboxylic acids is 1. The van der Waals surface area contributed by atoms with E-state index in [0.29, 0.717) is 5.75 Å². The highest BCUT2D eigenvalue weighted by atomic mass is 16.5. The lowest BCUT2D eigenvalue weighted by Gasteiger charge is -2.06. The zero-order valence-corrected chi connectivity index (χ0v) is 10.4. The molecule has 1 aromatic heterocycles. The summed E-state index contributed by atoms with van der Waals surface area (Å²) in [6.07, 6.45) is 0. The minimum atomic E-state index is -1.19. The number of nitrogens with one attached hydrogen (secondary N) is 2. The Bertz CT molecular complexity index is 665. The summed E-state index contributed by atoms with van der Waals surface area (Å²) in [6.45, 7) is 0. The monoisotopic (exact) mass is 277 g/mol. The minimum Gasteiger partial charge on any atom is -0.507 e. The number of nitrogens with zero attached hydrogens (tertiary/aromatic N) is 1. The lowest BCUT2D eigenvalue weighted by Crippen LogP contribution is -2.12. The number of rotatable bonds is 4. The molecular formula is C12H11N3O5. The Morgan fingerprint density at radius 1 is 1.35 bits per heavy atom. The lowest BCUT2D eigenvalue weighted by atomic mass is 10.2. The van der Waals surface area contributed by atoms with E-state index in [0.717, 1.165) is 0 Å². The number of carbonyl (C=O) groups is 2. The number of phenols is 1. The maximum atomic E-state index is 11.9. The number of aromatic hydroxyl groups is 1. The molecule has 0 saturated heterocycles. The summed E-state index contributed by atoms with van der Waals surface area (Å²) in [7, 11) is 1.44. The molecule has 1 heterocycles. The van der Waals surface area contributed by atoms with Gasteiger partial charge in [-0.05, 0) is 12.1 Å². The first-order chi connectivity index (χ1) is 9.51. The third kappa shape index (κ3) is 2.69. The summed E-state index contributed by atoms with van der Waals surface area (Å²) in [4.78, 5) is 22.6. The van der Waals surface area contributed by atoms with Crippen LogP contribution in [0.1, 0.15) is 20.8 Å². The largest absolute Gasteiger partial charge is 0.507 e. The van der Waals surface area contributed by atoms with E-state index in [2.05, 4.69) is 15.5 Å². The van der Waals surface area contributed by atoms with Crippen molar-refractivity contribution < 1.29 is 24.5 Å². The van der Waals surface area contributed by atoms with Crippen molar-refractivity contribution >= 4 is 17.7 Å². The Labute approximate surface area is 113 Å². The van der Waals surface area contributed by atoms with Crippen LogP contribution in [0.25, 0.3) is 0 Å². The van der Waals surface area contributed by atoms with Crippen molar-refractivity contribution in [3.8, 4) is 11.5 Å². The molecule has 8 nitrogen and oxygen atoms in total. The zero-order valence-electron chi connectivity index (χ0n) is 10.4. The van der Waals surface area contributed by atoms with Crippen LogP contribution in [0.2, 0.25) is 0 Å². The van der Waals surface area contributed by atoms with Crippen LogP contribution in [0.4, 0.5) is 5.82 Å². The fraction of sp³-hybridized carbons (Fsp3) is 0.0833. The number of benzene rings is 1. The third-order valence-electron chi connectivity index (χ3n) is 2.50. The Balaban J connectivity index is 2.17. The number of ether oxygens (including phenoxy) is 1. The van der Waals surface area contributed by atoms with E-state index in [1.807, 2.05) is 0 Å². The van der Waals surface area contributed by atoms with Gasteiger partial charge < -0.3 is 20.3 Å². The van der Waals surface area contributed by atoms with Crippen molar-refractivity contribution in [1.82, 2.24) is 10.2 Å². The van der Waals surface area contributed by atoms with Crippen LogP contribution < -0.4 is 10.1 Å². The Morgan fingerprint density at radius 2 is 2.10 bits per heavy atom. The first-order valence-electron chi connectivity index (χ1n) is 5.48. The van der Waals surface area contributed by atoms with Crippen molar-refractivity contribution in [2.24, 2.45) is 0 Å². The fourth-order valence-electron chi connectivity index (χ4n) is 1.51. The van der Waals surface area contributed by atoms with E-state index < -0.39 is 11.9 Å². The van der Waals surface area contributed by atoms with E-state index in [-0.39, 0.29) is 22.8 Å². The Morgan fingerprint density at radius 3 is 2.65 bits per heavy atom. The van der Waals surface area contributed by atoms with Gasteiger partial charge in [-0.2, -0.15) is 5.10 Å². The maximum absolute atomic E-state index is 11.9. The number of carbonyl (C=O) groups excluding carboxylic acids is 1. The van der Waals surface area contributed by atoms with E-state index in [9.17, 15) is 14.7 Å². The molecule has 0 aliphatic rings. The topological polar surface area (TPSA) is 125 Å². The molecule has 0 unspecified atom stereocenters. The third-order valence-corrected chi connectivity index (χ3v) is 2.50. The SMILES string of the molecule is COc1ccc(C(=O)Nc2cc(C(=O)O)[nH]n2)c(O)c1. The molecule has 0 spiro atoms. The van der Waals surface area contributed by atoms with Gasteiger partial charge in [0.15, 0.2) is 5.82 Å². The summed E-state index contributed by atoms with van der Waals surface area (Å²) >= 11 is 0. The van der Waals surface area contributed by atoms with E-state index in [4.69, 9.17) is 9.84 Å². The molecule has 104 valence electrons.